The summed E-state index contributed by atoms with van der Waals surface area (Å²) in [6.07, 6.45) is 3.92. The Morgan fingerprint density at radius 2 is 2.16 bits per heavy atom. The number of aromatic nitrogens is 1. The van der Waals surface area contributed by atoms with Crippen LogP contribution >= 0.6 is 0 Å². The zero-order valence-corrected chi connectivity index (χ0v) is 12.2. The first-order valence-corrected chi connectivity index (χ1v) is 6.86. The number of anilines is 1. The van der Waals surface area contributed by atoms with Crippen LogP contribution in [0.2, 0.25) is 0 Å². The molecule has 1 aromatic heterocycles. The highest BCUT2D eigenvalue weighted by molar-refractivity contribution is 5.93. The molecule has 104 valence electrons. The first-order valence-electron chi connectivity index (χ1n) is 6.86. The minimum absolute atomic E-state index is 0.107. The number of aryl methyl sites for hydroxylation is 2. The monoisotopic (exact) mass is 262 g/mol. The third-order valence-corrected chi connectivity index (χ3v) is 4.35. The largest absolute Gasteiger partial charge is 0.478 e. The van der Waals surface area contributed by atoms with Gasteiger partial charge in [-0.3, -0.25) is 0 Å². The molecule has 2 rings (SSSR count). The summed E-state index contributed by atoms with van der Waals surface area (Å²) in [5.74, 6) is -0.295. The number of pyridine rings is 1. The maximum absolute atomic E-state index is 11.5. The van der Waals surface area contributed by atoms with Gasteiger partial charge < -0.3 is 10.0 Å². The van der Waals surface area contributed by atoms with Crippen LogP contribution in [0.1, 0.15) is 55.2 Å². The minimum atomic E-state index is -0.893. The average Bonchev–Trinajstić information content (AvgIpc) is 2.83. The number of carboxylic acid groups (broad SMARTS) is 1. The Morgan fingerprint density at radius 3 is 2.74 bits per heavy atom. The van der Waals surface area contributed by atoms with Crippen LogP contribution in [-0.4, -0.2) is 28.6 Å². The molecule has 1 aromatic rings. The van der Waals surface area contributed by atoms with E-state index in [-0.39, 0.29) is 5.54 Å². The van der Waals surface area contributed by atoms with Crippen LogP contribution in [0, 0.1) is 0 Å². The van der Waals surface area contributed by atoms with Gasteiger partial charge in [-0.05, 0) is 51.2 Å². The standard InChI is InChI=1S/C15H22N2O2/c1-5-15(2,3)17(4)13-11(14(18)19)9-10-7-6-8-12(10)16-13/h9H,5-8H2,1-4H3,(H,18,19). The number of nitrogens with zero attached hydrogens (tertiary/aromatic N) is 2. The Hall–Kier alpha value is -1.58. The normalized spacial score (nSPS) is 14.3. The molecule has 1 aliphatic carbocycles. The second-order valence-electron chi connectivity index (χ2n) is 5.85. The number of carboxylic acids is 1. The summed E-state index contributed by atoms with van der Waals surface area (Å²) in [5.41, 5.74) is 2.39. The highest BCUT2D eigenvalue weighted by Gasteiger charge is 2.28. The van der Waals surface area contributed by atoms with Crippen molar-refractivity contribution in [3.05, 3.63) is 22.9 Å². The van der Waals surface area contributed by atoms with Gasteiger partial charge in [-0.15, -0.1) is 0 Å². The number of carbonyl (C=O) groups is 1. The van der Waals surface area contributed by atoms with Gasteiger partial charge in [0, 0.05) is 18.3 Å². The van der Waals surface area contributed by atoms with Crippen molar-refractivity contribution in [2.75, 3.05) is 11.9 Å². The number of fused-ring (bicyclic) bond motifs is 1. The van der Waals surface area contributed by atoms with Gasteiger partial charge in [0.2, 0.25) is 0 Å². The molecule has 0 atom stereocenters. The lowest BCUT2D eigenvalue weighted by molar-refractivity contribution is 0.0697. The molecule has 0 saturated heterocycles. The van der Waals surface area contributed by atoms with E-state index in [1.807, 2.05) is 18.0 Å². The van der Waals surface area contributed by atoms with Crippen LogP contribution in [0.4, 0.5) is 5.82 Å². The second kappa shape index (κ2) is 4.83. The van der Waals surface area contributed by atoms with E-state index in [1.165, 1.54) is 0 Å². The summed E-state index contributed by atoms with van der Waals surface area (Å²) >= 11 is 0. The smallest absolute Gasteiger partial charge is 0.339 e. The average molecular weight is 262 g/mol. The van der Waals surface area contributed by atoms with E-state index in [1.54, 1.807) is 0 Å². The van der Waals surface area contributed by atoms with Gasteiger partial charge in [0.1, 0.15) is 11.4 Å². The van der Waals surface area contributed by atoms with Crippen molar-refractivity contribution in [2.24, 2.45) is 0 Å². The van der Waals surface area contributed by atoms with E-state index >= 15 is 0 Å². The van der Waals surface area contributed by atoms with Crippen LogP contribution in [0.5, 0.6) is 0 Å². The lowest BCUT2D eigenvalue weighted by Gasteiger charge is -2.36. The molecule has 0 fully saturated rings. The SMILES string of the molecule is CCC(C)(C)N(C)c1nc2c(cc1C(=O)O)CCC2. The third kappa shape index (κ3) is 2.44. The first-order chi connectivity index (χ1) is 8.86. The quantitative estimate of drug-likeness (QED) is 0.906. The molecule has 0 unspecified atom stereocenters. The number of aromatic carboxylic acids is 1. The summed E-state index contributed by atoms with van der Waals surface area (Å²) in [5, 5.41) is 9.42. The summed E-state index contributed by atoms with van der Waals surface area (Å²) in [7, 11) is 1.93. The predicted molar refractivity (Wildman–Crippen MR) is 76.0 cm³/mol. The summed E-state index contributed by atoms with van der Waals surface area (Å²) in [6.45, 7) is 6.31. The van der Waals surface area contributed by atoms with Crippen molar-refractivity contribution in [1.29, 1.82) is 0 Å². The molecule has 19 heavy (non-hydrogen) atoms. The summed E-state index contributed by atoms with van der Waals surface area (Å²) in [4.78, 5) is 18.1. The Balaban J connectivity index is 2.52. The van der Waals surface area contributed by atoms with Gasteiger partial charge in [-0.25, -0.2) is 9.78 Å². The number of hydrogen-bond donors (Lipinski definition) is 1. The molecule has 0 aromatic carbocycles. The molecule has 0 aliphatic heterocycles. The van der Waals surface area contributed by atoms with E-state index in [9.17, 15) is 9.90 Å². The van der Waals surface area contributed by atoms with Gasteiger partial charge in [-0.2, -0.15) is 0 Å². The topological polar surface area (TPSA) is 53.4 Å². The van der Waals surface area contributed by atoms with Crippen LogP contribution in [0.25, 0.3) is 0 Å². The van der Waals surface area contributed by atoms with E-state index in [4.69, 9.17) is 0 Å². The first kappa shape index (κ1) is 13.8. The molecular formula is C15H22N2O2. The summed E-state index contributed by atoms with van der Waals surface area (Å²) in [6, 6.07) is 1.81. The second-order valence-corrected chi connectivity index (χ2v) is 5.85. The van der Waals surface area contributed by atoms with Crippen LogP contribution in [-0.2, 0) is 12.8 Å². The molecule has 0 radical (unpaired) electrons. The lowest BCUT2D eigenvalue weighted by atomic mass is 9.99. The Morgan fingerprint density at radius 1 is 1.47 bits per heavy atom. The Labute approximate surface area is 114 Å². The lowest BCUT2D eigenvalue weighted by Crippen LogP contribution is -2.42. The molecular weight excluding hydrogens is 240 g/mol. The molecule has 0 bridgehead atoms. The molecule has 1 heterocycles. The molecule has 1 aliphatic rings. The summed E-state index contributed by atoms with van der Waals surface area (Å²) < 4.78 is 0. The molecule has 0 spiro atoms. The van der Waals surface area contributed by atoms with E-state index < -0.39 is 5.97 Å². The maximum atomic E-state index is 11.5. The fraction of sp³-hybridized carbons (Fsp3) is 0.600. The Bertz CT molecular complexity index is 509. The van der Waals surface area contributed by atoms with Crippen LogP contribution in [0.3, 0.4) is 0 Å². The fourth-order valence-corrected chi connectivity index (χ4v) is 2.40. The van der Waals surface area contributed by atoms with Gasteiger partial charge in [-0.1, -0.05) is 6.92 Å². The van der Waals surface area contributed by atoms with Crippen molar-refractivity contribution in [3.63, 3.8) is 0 Å². The highest BCUT2D eigenvalue weighted by Crippen LogP contribution is 2.31. The van der Waals surface area contributed by atoms with Crippen molar-refractivity contribution in [1.82, 2.24) is 4.98 Å². The van der Waals surface area contributed by atoms with E-state index in [2.05, 4.69) is 25.8 Å². The number of rotatable bonds is 4. The predicted octanol–water partition coefficient (Wildman–Crippen LogP) is 2.89. The molecule has 0 saturated carbocycles. The molecule has 1 N–H and O–H groups in total. The zero-order chi connectivity index (χ0) is 14.2. The van der Waals surface area contributed by atoms with Crippen LogP contribution in [0.15, 0.2) is 6.07 Å². The maximum Gasteiger partial charge on any atom is 0.339 e. The van der Waals surface area contributed by atoms with Crippen molar-refractivity contribution in [3.8, 4) is 0 Å². The fourth-order valence-electron chi connectivity index (χ4n) is 2.40. The van der Waals surface area contributed by atoms with E-state index in [0.29, 0.717) is 11.4 Å². The molecule has 0 amide bonds. The zero-order valence-electron chi connectivity index (χ0n) is 12.2. The minimum Gasteiger partial charge on any atom is -0.478 e. The van der Waals surface area contributed by atoms with Gasteiger partial charge >= 0.3 is 5.97 Å². The molecule has 4 nitrogen and oxygen atoms in total. The van der Waals surface area contributed by atoms with Gasteiger partial charge in [0.15, 0.2) is 0 Å². The third-order valence-electron chi connectivity index (χ3n) is 4.35. The Kier molecular flexibility index (Phi) is 3.52. The molecule has 4 heteroatoms. The van der Waals surface area contributed by atoms with Gasteiger partial charge in [0.05, 0.1) is 0 Å². The number of hydrogen-bond acceptors (Lipinski definition) is 3. The van der Waals surface area contributed by atoms with Crippen molar-refractivity contribution in [2.45, 2.75) is 52.0 Å². The van der Waals surface area contributed by atoms with Gasteiger partial charge in [0.25, 0.3) is 0 Å². The van der Waals surface area contributed by atoms with Crippen molar-refractivity contribution >= 4 is 11.8 Å². The highest BCUT2D eigenvalue weighted by atomic mass is 16.4. The van der Waals surface area contributed by atoms with Crippen LogP contribution < -0.4 is 4.90 Å². The van der Waals surface area contributed by atoms with E-state index in [0.717, 1.165) is 36.9 Å². The van der Waals surface area contributed by atoms with Crippen molar-refractivity contribution < 1.29 is 9.90 Å².